The Morgan fingerprint density at radius 2 is 1.91 bits per heavy atom. The molecular weight excluding hydrogens is 422 g/mol. The first kappa shape index (κ1) is 23.5. The third kappa shape index (κ3) is 5.84. The molecule has 8 heteroatoms. The lowest BCUT2D eigenvalue weighted by Crippen LogP contribution is -2.59. The van der Waals surface area contributed by atoms with Crippen LogP contribution in [0.1, 0.15) is 12.8 Å². The van der Waals surface area contributed by atoms with Crippen molar-refractivity contribution in [2.75, 3.05) is 84.6 Å². The molecule has 1 aromatic rings. The third-order valence-electron chi connectivity index (χ3n) is 7.39. The van der Waals surface area contributed by atoms with Crippen molar-refractivity contribution in [2.24, 2.45) is 11.8 Å². The van der Waals surface area contributed by atoms with E-state index in [1.54, 1.807) is 14.2 Å². The van der Waals surface area contributed by atoms with Gasteiger partial charge in [-0.3, -0.25) is 9.80 Å². The number of anilines is 1. The zero-order valence-corrected chi connectivity index (χ0v) is 20.4. The molecule has 2 bridgehead atoms. The second-order valence-corrected chi connectivity index (χ2v) is 9.69. The number of hydrogen-bond acceptors (Lipinski definition) is 6. The number of piperidine rings is 3. The van der Waals surface area contributed by atoms with E-state index in [9.17, 15) is 0 Å². The molecule has 1 unspecified atom stereocenters. The molecule has 0 amide bonds. The zero-order chi connectivity index (χ0) is 22.3. The molecule has 32 heavy (non-hydrogen) atoms. The Balaban J connectivity index is 1.20. The second-order valence-electron chi connectivity index (χ2n) is 9.28. The molecule has 7 nitrogen and oxygen atoms in total. The maximum Gasteiger partial charge on any atom is 0.166 e. The number of nitrogens with zero attached hydrogens (tertiary/aromatic N) is 3. The number of rotatable bonds is 9. The fourth-order valence-electron chi connectivity index (χ4n) is 5.60. The predicted molar refractivity (Wildman–Crippen MR) is 134 cm³/mol. The van der Waals surface area contributed by atoms with Crippen LogP contribution in [0.4, 0.5) is 5.69 Å². The number of para-hydroxylation sites is 2. The molecule has 178 valence electrons. The largest absolute Gasteiger partial charge is 0.495 e. The van der Waals surface area contributed by atoms with Gasteiger partial charge in [-0.1, -0.05) is 12.1 Å². The van der Waals surface area contributed by atoms with Crippen LogP contribution in [0.5, 0.6) is 5.75 Å². The maximum absolute atomic E-state index is 5.57. The van der Waals surface area contributed by atoms with E-state index in [2.05, 4.69) is 43.5 Å². The van der Waals surface area contributed by atoms with Crippen molar-refractivity contribution in [1.82, 2.24) is 20.4 Å². The number of benzene rings is 1. The van der Waals surface area contributed by atoms with Gasteiger partial charge < -0.3 is 25.0 Å². The molecule has 4 aliphatic rings. The first-order valence-corrected chi connectivity index (χ1v) is 12.4. The molecule has 0 saturated carbocycles. The molecule has 1 aromatic carbocycles. The van der Waals surface area contributed by atoms with E-state index in [0.29, 0.717) is 12.6 Å². The van der Waals surface area contributed by atoms with E-state index in [4.69, 9.17) is 21.7 Å². The lowest BCUT2D eigenvalue weighted by atomic mass is 9.75. The van der Waals surface area contributed by atoms with Gasteiger partial charge in [0.1, 0.15) is 5.75 Å². The molecule has 0 aromatic heterocycles. The molecule has 4 fully saturated rings. The van der Waals surface area contributed by atoms with Gasteiger partial charge in [0, 0.05) is 65.5 Å². The highest BCUT2D eigenvalue weighted by Crippen LogP contribution is 2.37. The molecule has 0 aliphatic carbocycles. The van der Waals surface area contributed by atoms with Crippen LogP contribution >= 0.6 is 12.2 Å². The van der Waals surface area contributed by atoms with Crippen molar-refractivity contribution in [3.05, 3.63) is 24.3 Å². The number of thiocarbonyl (C=S) groups is 1. The molecule has 0 radical (unpaired) electrons. The van der Waals surface area contributed by atoms with Crippen molar-refractivity contribution in [2.45, 2.75) is 18.9 Å². The summed E-state index contributed by atoms with van der Waals surface area (Å²) < 4.78 is 10.6. The van der Waals surface area contributed by atoms with Crippen LogP contribution in [0.2, 0.25) is 0 Å². The van der Waals surface area contributed by atoms with Crippen LogP contribution in [0.25, 0.3) is 0 Å². The van der Waals surface area contributed by atoms with E-state index in [0.717, 1.165) is 62.0 Å². The third-order valence-corrected chi connectivity index (χ3v) is 7.68. The molecule has 4 atom stereocenters. The molecule has 4 aliphatic heterocycles. The average Bonchev–Trinajstić information content (AvgIpc) is 2.84. The van der Waals surface area contributed by atoms with Gasteiger partial charge in [0.05, 0.1) is 19.4 Å². The Bertz CT molecular complexity index is 743. The monoisotopic (exact) mass is 461 g/mol. The van der Waals surface area contributed by atoms with Crippen molar-refractivity contribution >= 4 is 23.0 Å². The van der Waals surface area contributed by atoms with E-state index in [1.807, 2.05) is 6.07 Å². The Hall–Kier alpha value is -1.61. The molecule has 4 saturated heterocycles. The number of piperazine rings is 1. The zero-order valence-electron chi connectivity index (χ0n) is 19.6. The van der Waals surface area contributed by atoms with Gasteiger partial charge in [0.25, 0.3) is 0 Å². The van der Waals surface area contributed by atoms with E-state index in [1.165, 1.54) is 38.2 Å². The highest BCUT2D eigenvalue weighted by atomic mass is 32.1. The van der Waals surface area contributed by atoms with Crippen LogP contribution in [-0.2, 0) is 4.74 Å². The van der Waals surface area contributed by atoms with E-state index >= 15 is 0 Å². The second kappa shape index (κ2) is 11.5. The summed E-state index contributed by atoms with van der Waals surface area (Å²) >= 11 is 5.40. The Morgan fingerprint density at radius 1 is 1.09 bits per heavy atom. The smallest absolute Gasteiger partial charge is 0.166 e. The predicted octanol–water partition coefficient (Wildman–Crippen LogP) is 1.64. The van der Waals surface area contributed by atoms with Crippen LogP contribution in [-0.4, -0.2) is 101 Å². The number of hydrogen-bond donors (Lipinski definition) is 2. The topological polar surface area (TPSA) is 52.2 Å². The standard InChI is InChI=1S/C24H39N5O2S/c1-30-14-8-25-24(32)26-16-21-15-19-7-9-29(21)18-20(19)17-27-10-12-28(13-11-27)22-5-3-4-6-23(22)31-2/h3-6,19-21H,7-18H2,1-2H3,(H2,25,26,32)/t19-,20-,21+/m0/s1. The average molecular weight is 462 g/mol. The molecular formula is C24H39N5O2S. The summed E-state index contributed by atoms with van der Waals surface area (Å²) in [5.74, 6) is 2.62. The maximum atomic E-state index is 5.57. The Labute approximate surface area is 198 Å². The Morgan fingerprint density at radius 3 is 2.62 bits per heavy atom. The normalized spacial score (nSPS) is 27.9. The molecule has 4 heterocycles. The summed E-state index contributed by atoms with van der Waals surface area (Å²) in [6, 6.07) is 8.98. The summed E-state index contributed by atoms with van der Waals surface area (Å²) in [5, 5.41) is 7.37. The van der Waals surface area contributed by atoms with E-state index < -0.39 is 0 Å². The summed E-state index contributed by atoms with van der Waals surface area (Å²) in [6.07, 6.45) is 2.64. The van der Waals surface area contributed by atoms with Crippen LogP contribution in [0, 0.1) is 11.8 Å². The number of methoxy groups -OCH3 is 2. The minimum atomic E-state index is 0.606. The SMILES string of the molecule is COCCNC(=S)NC[C@H]1C[C@@H]2CCN1C[C@@H]2CN1CCN(c2ccccc2OC)CC1. The lowest BCUT2D eigenvalue weighted by molar-refractivity contribution is -0.0110. The van der Waals surface area contributed by atoms with Gasteiger partial charge in [0.15, 0.2) is 5.11 Å². The highest BCUT2D eigenvalue weighted by Gasteiger charge is 2.40. The first-order valence-electron chi connectivity index (χ1n) is 12.0. The summed E-state index contributed by atoms with van der Waals surface area (Å²) in [6.45, 7) is 10.5. The van der Waals surface area contributed by atoms with Gasteiger partial charge in [0.2, 0.25) is 0 Å². The Kier molecular flexibility index (Phi) is 8.46. The minimum Gasteiger partial charge on any atom is -0.495 e. The quantitative estimate of drug-likeness (QED) is 0.425. The van der Waals surface area contributed by atoms with Crippen molar-refractivity contribution < 1.29 is 9.47 Å². The van der Waals surface area contributed by atoms with Crippen LogP contribution < -0.4 is 20.3 Å². The number of ether oxygens (including phenoxy) is 2. The van der Waals surface area contributed by atoms with Crippen molar-refractivity contribution in [3.63, 3.8) is 0 Å². The van der Waals surface area contributed by atoms with Crippen molar-refractivity contribution in [3.8, 4) is 5.75 Å². The summed E-state index contributed by atoms with van der Waals surface area (Å²) in [7, 11) is 3.47. The fourth-order valence-corrected chi connectivity index (χ4v) is 5.79. The van der Waals surface area contributed by atoms with Gasteiger partial charge in [-0.05, 0) is 55.6 Å². The molecule has 0 spiro atoms. The first-order chi connectivity index (χ1) is 15.7. The summed E-state index contributed by atoms with van der Waals surface area (Å²) in [4.78, 5) is 7.85. The molecule has 5 rings (SSSR count). The fraction of sp³-hybridized carbons (Fsp3) is 0.708. The lowest BCUT2D eigenvalue weighted by Gasteiger charge is -2.51. The number of fused-ring (bicyclic) bond motifs is 3. The minimum absolute atomic E-state index is 0.606. The van der Waals surface area contributed by atoms with Crippen LogP contribution in [0.15, 0.2) is 24.3 Å². The van der Waals surface area contributed by atoms with Gasteiger partial charge in [-0.25, -0.2) is 0 Å². The van der Waals surface area contributed by atoms with Crippen LogP contribution in [0.3, 0.4) is 0 Å². The van der Waals surface area contributed by atoms with Gasteiger partial charge >= 0.3 is 0 Å². The van der Waals surface area contributed by atoms with Crippen molar-refractivity contribution in [1.29, 1.82) is 0 Å². The highest BCUT2D eigenvalue weighted by molar-refractivity contribution is 7.80. The summed E-state index contributed by atoms with van der Waals surface area (Å²) in [5.41, 5.74) is 1.22. The van der Waals surface area contributed by atoms with Gasteiger partial charge in [-0.2, -0.15) is 0 Å². The number of nitrogens with one attached hydrogen (secondary N) is 2. The van der Waals surface area contributed by atoms with E-state index in [-0.39, 0.29) is 0 Å². The van der Waals surface area contributed by atoms with Gasteiger partial charge in [-0.15, -0.1) is 0 Å². The molecule has 2 N–H and O–H groups in total.